The molecule has 0 spiro atoms. The summed E-state index contributed by atoms with van der Waals surface area (Å²) in [6, 6.07) is 18.0. The lowest BCUT2D eigenvalue weighted by Crippen LogP contribution is -2.52. The first-order valence-electron chi connectivity index (χ1n) is 11.9. The number of carbonyl (C=O) groups is 1. The first kappa shape index (κ1) is 27.3. The number of nitrogens with zero attached hydrogens (tertiary/aromatic N) is 3. The van der Waals surface area contributed by atoms with Crippen molar-refractivity contribution < 1.29 is 31.1 Å². The van der Waals surface area contributed by atoms with Crippen LogP contribution in [0.25, 0.3) is 0 Å². The second kappa shape index (κ2) is 10.9. The largest absolute Gasteiger partial charge is 0.496 e. The summed E-state index contributed by atoms with van der Waals surface area (Å²) in [6.45, 7) is 2.46. The number of sulfonamides is 1. The van der Waals surface area contributed by atoms with Gasteiger partial charge in [0.25, 0.3) is 10.0 Å². The van der Waals surface area contributed by atoms with E-state index in [-0.39, 0.29) is 18.0 Å². The van der Waals surface area contributed by atoms with E-state index in [1.165, 1.54) is 30.2 Å². The number of alkyl halides is 3. The van der Waals surface area contributed by atoms with E-state index < -0.39 is 34.2 Å². The Morgan fingerprint density at radius 3 is 2.24 bits per heavy atom. The molecule has 3 aromatic rings. The van der Waals surface area contributed by atoms with Crippen LogP contribution in [0.1, 0.15) is 11.1 Å². The highest BCUT2D eigenvalue weighted by atomic mass is 32.2. The number of aryl methyl sites for hydroxylation is 1. The molecule has 1 saturated heterocycles. The quantitative estimate of drug-likeness (QED) is 0.434. The van der Waals surface area contributed by atoms with Crippen LogP contribution in [0.5, 0.6) is 5.75 Å². The van der Waals surface area contributed by atoms with Crippen molar-refractivity contribution in [2.24, 2.45) is 0 Å². The number of anilines is 2. The minimum Gasteiger partial charge on any atom is -0.496 e. The maximum absolute atomic E-state index is 13.7. The maximum Gasteiger partial charge on any atom is 0.416 e. The van der Waals surface area contributed by atoms with Gasteiger partial charge in [-0.2, -0.15) is 13.2 Å². The number of carbonyl (C=O) groups excluding carboxylic acids is 1. The number of ether oxygens (including phenoxy) is 1. The number of methoxy groups -OCH3 is 1. The molecule has 1 aliphatic heterocycles. The molecule has 0 bridgehead atoms. The van der Waals surface area contributed by atoms with E-state index in [0.29, 0.717) is 35.8 Å². The molecule has 3 aromatic carbocycles. The zero-order chi connectivity index (χ0) is 27.5. The van der Waals surface area contributed by atoms with Crippen LogP contribution < -0.4 is 13.9 Å². The Bertz CT molecular complexity index is 1390. The second-order valence-corrected chi connectivity index (χ2v) is 10.8. The van der Waals surface area contributed by atoms with E-state index >= 15 is 0 Å². The highest BCUT2D eigenvalue weighted by Gasteiger charge is 2.33. The van der Waals surface area contributed by atoms with E-state index in [4.69, 9.17) is 4.74 Å². The van der Waals surface area contributed by atoms with Gasteiger partial charge in [0.15, 0.2) is 0 Å². The van der Waals surface area contributed by atoms with E-state index in [1.54, 1.807) is 54.3 Å². The zero-order valence-corrected chi connectivity index (χ0v) is 21.8. The lowest BCUT2D eigenvalue weighted by molar-refractivity contribution is -0.137. The predicted octanol–water partition coefficient (Wildman–Crippen LogP) is 4.57. The fourth-order valence-corrected chi connectivity index (χ4v) is 5.86. The van der Waals surface area contributed by atoms with Gasteiger partial charge in [-0.15, -0.1) is 0 Å². The molecule has 1 aliphatic rings. The van der Waals surface area contributed by atoms with Gasteiger partial charge >= 0.3 is 6.18 Å². The summed E-state index contributed by atoms with van der Waals surface area (Å²) in [4.78, 5) is 16.6. The van der Waals surface area contributed by atoms with Crippen molar-refractivity contribution >= 4 is 27.3 Å². The molecule has 7 nitrogen and oxygen atoms in total. The monoisotopic (exact) mass is 547 g/mol. The molecule has 0 saturated carbocycles. The molecule has 0 atom stereocenters. The summed E-state index contributed by atoms with van der Waals surface area (Å²) < 4.78 is 73.0. The number of halogens is 3. The van der Waals surface area contributed by atoms with Crippen LogP contribution in [-0.2, 0) is 21.0 Å². The summed E-state index contributed by atoms with van der Waals surface area (Å²) in [5.41, 5.74) is 0.678. The normalized spacial score (nSPS) is 14.3. The van der Waals surface area contributed by atoms with E-state index in [0.717, 1.165) is 16.4 Å². The van der Waals surface area contributed by atoms with E-state index in [2.05, 4.69) is 0 Å². The average Bonchev–Trinajstić information content (AvgIpc) is 2.91. The smallest absolute Gasteiger partial charge is 0.416 e. The Labute approximate surface area is 220 Å². The number of para-hydroxylation sites is 1. The highest BCUT2D eigenvalue weighted by Crippen LogP contribution is 2.32. The molecule has 0 radical (unpaired) electrons. The Morgan fingerprint density at radius 2 is 1.63 bits per heavy atom. The van der Waals surface area contributed by atoms with Gasteiger partial charge in [0.1, 0.15) is 12.3 Å². The van der Waals surface area contributed by atoms with Crippen molar-refractivity contribution in [1.29, 1.82) is 0 Å². The number of rotatable bonds is 7. The van der Waals surface area contributed by atoms with Crippen LogP contribution in [0.4, 0.5) is 24.5 Å². The third-order valence-corrected chi connectivity index (χ3v) is 8.22. The number of piperazine rings is 1. The number of benzene rings is 3. The molecule has 0 aliphatic carbocycles. The van der Waals surface area contributed by atoms with E-state index in [9.17, 15) is 26.4 Å². The highest BCUT2D eigenvalue weighted by molar-refractivity contribution is 7.92. The van der Waals surface area contributed by atoms with Crippen LogP contribution in [0.15, 0.2) is 77.7 Å². The Morgan fingerprint density at radius 1 is 0.947 bits per heavy atom. The molecule has 1 fully saturated rings. The van der Waals surface area contributed by atoms with Gasteiger partial charge in [0.2, 0.25) is 5.91 Å². The van der Waals surface area contributed by atoms with Crippen LogP contribution in [-0.4, -0.2) is 59.1 Å². The molecule has 1 heterocycles. The fourth-order valence-electron chi connectivity index (χ4n) is 4.36. The number of hydrogen-bond acceptors (Lipinski definition) is 5. The Hall–Kier alpha value is -3.73. The molecule has 202 valence electrons. The lowest BCUT2D eigenvalue weighted by Gasteiger charge is -2.37. The predicted molar refractivity (Wildman–Crippen MR) is 139 cm³/mol. The van der Waals surface area contributed by atoms with Gasteiger partial charge in [-0.1, -0.05) is 24.3 Å². The molecule has 38 heavy (non-hydrogen) atoms. The van der Waals surface area contributed by atoms with Gasteiger partial charge < -0.3 is 14.5 Å². The molecule has 1 amide bonds. The van der Waals surface area contributed by atoms with Crippen LogP contribution in [0, 0.1) is 6.92 Å². The second-order valence-electron chi connectivity index (χ2n) is 8.89. The molecular formula is C27H28F3N3O4S. The van der Waals surface area contributed by atoms with Gasteiger partial charge in [-0.25, -0.2) is 8.42 Å². The van der Waals surface area contributed by atoms with Crippen LogP contribution >= 0.6 is 0 Å². The topological polar surface area (TPSA) is 70.2 Å². The summed E-state index contributed by atoms with van der Waals surface area (Å²) >= 11 is 0. The molecule has 0 aromatic heterocycles. The Kier molecular flexibility index (Phi) is 7.86. The van der Waals surface area contributed by atoms with Crippen LogP contribution in [0.3, 0.4) is 0 Å². The van der Waals surface area contributed by atoms with Crippen LogP contribution in [0.2, 0.25) is 0 Å². The minimum absolute atomic E-state index is 0.0295. The summed E-state index contributed by atoms with van der Waals surface area (Å²) in [5, 5.41) is 0. The third-order valence-electron chi connectivity index (χ3n) is 6.45. The first-order valence-corrected chi connectivity index (χ1v) is 13.4. The van der Waals surface area contributed by atoms with E-state index in [1.807, 2.05) is 0 Å². The average molecular weight is 548 g/mol. The fraction of sp³-hybridized carbons (Fsp3) is 0.296. The van der Waals surface area contributed by atoms with Crippen molar-refractivity contribution in [2.45, 2.75) is 18.0 Å². The summed E-state index contributed by atoms with van der Waals surface area (Å²) in [6.07, 6.45) is -4.44. The minimum atomic E-state index is -4.44. The van der Waals surface area contributed by atoms with Gasteiger partial charge in [0.05, 0.1) is 23.3 Å². The van der Waals surface area contributed by atoms with Crippen molar-refractivity contribution in [2.75, 3.05) is 49.0 Å². The summed E-state index contributed by atoms with van der Waals surface area (Å²) in [7, 11) is -2.60. The van der Waals surface area contributed by atoms with Crippen molar-refractivity contribution in [1.82, 2.24) is 4.90 Å². The van der Waals surface area contributed by atoms with Gasteiger partial charge in [0, 0.05) is 31.9 Å². The summed E-state index contributed by atoms with van der Waals surface area (Å²) in [5.74, 6) is 0.149. The molecule has 4 rings (SSSR count). The standard InChI is InChI=1S/C27H28F3N3O4S/c1-20-17-24(11-12-25(20)37-2)38(35,36)33(22-8-4-3-5-9-22)19-26(34)32-15-13-31(14-16-32)23-10-6-7-21(18-23)27(28,29)30/h3-12,17-18H,13-16,19H2,1-2H3. The molecule has 11 heteroatoms. The SMILES string of the molecule is COc1ccc(S(=O)(=O)N(CC(=O)N2CCN(c3cccc(C(F)(F)F)c3)CC2)c2ccccc2)cc1C. The first-order chi connectivity index (χ1) is 18.0. The molecule has 0 N–H and O–H groups in total. The van der Waals surface area contributed by atoms with Crippen molar-refractivity contribution in [3.63, 3.8) is 0 Å². The maximum atomic E-state index is 13.7. The van der Waals surface area contributed by atoms with Gasteiger partial charge in [-0.05, 0) is 61.0 Å². The van der Waals surface area contributed by atoms with Crippen molar-refractivity contribution in [3.8, 4) is 5.75 Å². The molecule has 0 unspecified atom stereocenters. The number of amides is 1. The number of hydrogen-bond donors (Lipinski definition) is 0. The Balaban J connectivity index is 1.51. The van der Waals surface area contributed by atoms with Crippen molar-refractivity contribution in [3.05, 3.63) is 83.9 Å². The zero-order valence-electron chi connectivity index (χ0n) is 21.0. The van der Waals surface area contributed by atoms with Gasteiger partial charge in [-0.3, -0.25) is 9.10 Å². The third kappa shape index (κ3) is 5.88. The lowest BCUT2D eigenvalue weighted by atomic mass is 10.1. The molecular weight excluding hydrogens is 519 g/mol.